The first-order chi connectivity index (χ1) is 14.7. The topological polar surface area (TPSA) is 123 Å². The largest absolute Gasteiger partial charge is 0.383 e. The van der Waals surface area contributed by atoms with Gasteiger partial charge in [-0.1, -0.05) is 6.92 Å². The monoisotopic (exact) mass is 410 g/mol. The van der Waals surface area contributed by atoms with Crippen LogP contribution >= 0.6 is 0 Å². The van der Waals surface area contributed by atoms with Crippen molar-refractivity contribution in [2.75, 3.05) is 30.9 Å². The number of methoxy groups -OCH3 is 1. The van der Waals surface area contributed by atoms with Crippen molar-refractivity contribution >= 4 is 28.6 Å². The predicted octanol–water partition coefficient (Wildman–Crippen LogP) is 2.12. The Morgan fingerprint density at radius 2 is 2.13 bits per heavy atom. The van der Waals surface area contributed by atoms with Crippen molar-refractivity contribution in [2.24, 2.45) is 0 Å². The highest BCUT2D eigenvalue weighted by Crippen LogP contribution is 2.27. The first-order valence-electron chi connectivity index (χ1n) is 9.94. The van der Waals surface area contributed by atoms with Crippen LogP contribution in [0, 0.1) is 6.92 Å². The molecule has 3 N–H and O–H groups in total. The Kier molecular flexibility index (Phi) is 5.89. The Morgan fingerprint density at radius 3 is 2.83 bits per heavy atom. The van der Waals surface area contributed by atoms with Gasteiger partial charge in [-0.2, -0.15) is 20.3 Å². The zero-order chi connectivity index (χ0) is 20.9. The minimum Gasteiger partial charge on any atom is -0.383 e. The van der Waals surface area contributed by atoms with E-state index in [1.807, 2.05) is 34.6 Å². The highest BCUT2D eigenvalue weighted by atomic mass is 16.5. The molecule has 0 radical (unpaired) electrons. The predicted molar refractivity (Wildman–Crippen MR) is 114 cm³/mol. The summed E-state index contributed by atoms with van der Waals surface area (Å²) in [6, 6.07) is 3.83. The summed E-state index contributed by atoms with van der Waals surface area (Å²) >= 11 is 0. The Labute approximate surface area is 173 Å². The van der Waals surface area contributed by atoms with Crippen LogP contribution < -0.4 is 10.6 Å². The lowest BCUT2D eigenvalue weighted by Crippen LogP contribution is -2.14. The molecule has 11 heteroatoms. The van der Waals surface area contributed by atoms with Crippen LogP contribution in [0.2, 0.25) is 0 Å². The van der Waals surface area contributed by atoms with Crippen molar-refractivity contribution in [2.45, 2.75) is 33.4 Å². The van der Waals surface area contributed by atoms with Crippen LogP contribution in [0.1, 0.15) is 18.3 Å². The number of fused-ring (bicyclic) bond motifs is 1. The molecule has 0 aliphatic heterocycles. The summed E-state index contributed by atoms with van der Waals surface area (Å²) in [6.45, 7) is 6.52. The number of H-pyrrole nitrogens is 1. The molecule has 0 bridgehead atoms. The summed E-state index contributed by atoms with van der Waals surface area (Å²) in [5.41, 5.74) is 3.47. The van der Waals surface area contributed by atoms with Crippen LogP contribution in [0.3, 0.4) is 0 Å². The van der Waals surface area contributed by atoms with E-state index in [4.69, 9.17) is 19.8 Å². The second-order valence-electron chi connectivity index (χ2n) is 6.85. The fourth-order valence-electron chi connectivity index (χ4n) is 3.22. The van der Waals surface area contributed by atoms with Gasteiger partial charge in [0, 0.05) is 32.1 Å². The van der Waals surface area contributed by atoms with Crippen LogP contribution in [0.25, 0.3) is 11.0 Å². The number of nitrogens with one attached hydrogen (secondary N) is 3. The lowest BCUT2D eigenvalue weighted by molar-refractivity contribution is 0.184. The molecule has 0 fully saturated rings. The number of ether oxygens (including phenoxy) is 1. The molecule has 0 aliphatic rings. The van der Waals surface area contributed by atoms with Gasteiger partial charge >= 0.3 is 0 Å². The molecule has 0 atom stereocenters. The quantitative estimate of drug-likeness (QED) is 0.363. The molecule has 0 aromatic carbocycles. The summed E-state index contributed by atoms with van der Waals surface area (Å²) < 4.78 is 9.01. The van der Waals surface area contributed by atoms with Gasteiger partial charge in [0.15, 0.2) is 5.82 Å². The van der Waals surface area contributed by atoms with Crippen LogP contribution in [-0.4, -0.2) is 60.0 Å². The highest BCUT2D eigenvalue weighted by Gasteiger charge is 2.18. The van der Waals surface area contributed by atoms with E-state index in [0.717, 1.165) is 34.7 Å². The number of rotatable bonds is 10. The fourth-order valence-corrected chi connectivity index (χ4v) is 3.22. The van der Waals surface area contributed by atoms with Gasteiger partial charge in [-0.15, -0.1) is 0 Å². The number of hydrogen-bond donors (Lipinski definition) is 3. The van der Waals surface area contributed by atoms with E-state index in [-0.39, 0.29) is 0 Å². The summed E-state index contributed by atoms with van der Waals surface area (Å²) in [6.07, 6.45) is 4.45. The minimum absolute atomic E-state index is 0.536. The van der Waals surface area contributed by atoms with E-state index >= 15 is 0 Å². The van der Waals surface area contributed by atoms with Gasteiger partial charge in [-0.25, -0.2) is 4.98 Å². The lowest BCUT2D eigenvalue weighted by atomic mass is 10.3. The van der Waals surface area contributed by atoms with Crippen LogP contribution in [0.15, 0.2) is 24.5 Å². The van der Waals surface area contributed by atoms with Crippen molar-refractivity contribution in [1.29, 1.82) is 0 Å². The summed E-state index contributed by atoms with van der Waals surface area (Å²) in [4.78, 5) is 9.49. The van der Waals surface area contributed by atoms with Crippen molar-refractivity contribution in [3.8, 4) is 0 Å². The second-order valence-corrected chi connectivity index (χ2v) is 6.85. The highest BCUT2D eigenvalue weighted by molar-refractivity contribution is 5.90. The molecule has 158 valence electrons. The molecule has 0 aliphatic carbocycles. The average molecular weight is 410 g/mol. The molecule has 0 unspecified atom stereocenters. The Bertz CT molecular complexity index is 1100. The first-order valence-corrected chi connectivity index (χ1v) is 9.94. The van der Waals surface area contributed by atoms with Crippen molar-refractivity contribution in [3.05, 3.63) is 35.9 Å². The van der Waals surface area contributed by atoms with Gasteiger partial charge in [-0.3, -0.25) is 14.5 Å². The molecule has 4 aromatic heterocycles. The molecule has 4 aromatic rings. The third-order valence-electron chi connectivity index (χ3n) is 4.64. The molecule has 30 heavy (non-hydrogen) atoms. The molecule has 4 heterocycles. The Hall–Kier alpha value is -3.47. The van der Waals surface area contributed by atoms with Crippen LogP contribution in [0.4, 0.5) is 17.6 Å². The molecule has 4 rings (SSSR count). The molecular formula is C19H26N10O. The molecule has 0 saturated carbocycles. The van der Waals surface area contributed by atoms with E-state index in [2.05, 4.69) is 32.9 Å². The Balaban J connectivity index is 1.69. The van der Waals surface area contributed by atoms with E-state index in [0.29, 0.717) is 38.0 Å². The normalized spacial score (nSPS) is 11.3. The molecule has 0 spiro atoms. The van der Waals surface area contributed by atoms with Crippen molar-refractivity contribution in [3.63, 3.8) is 0 Å². The SMILES string of the molecule is CCc1nn(CCOC)c2c(Nc3cc(C)n[nH]3)nc(NCCn3cccn3)nc12. The molecule has 0 amide bonds. The van der Waals surface area contributed by atoms with Gasteiger partial charge in [0.05, 0.1) is 31.1 Å². The minimum atomic E-state index is 0.536. The zero-order valence-electron chi connectivity index (χ0n) is 17.4. The Morgan fingerprint density at radius 1 is 1.23 bits per heavy atom. The summed E-state index contributed by atoms with van der Waals surface area (Å²) in [5.74, 6) is 1.95. The molecular weight excluding hydrogens is 384 g/mol. The van der Waals surface area contributed by atoms with Crippen LogP contribution in [-0.2, 0) is 24.2 Å². The summed E-state index contributed by atoms with van der Waals surface area (Å²) in [7, 11) is 1.68. The lowest BCUT2D eigenvalue weighted by Gasteiger charge is -2.11. The van der Waals surface area contributed by atoms with Crippen molar-refractivity contribution in [1.82, 2.24) is 39.7 Å². The standard InChI is InChI=1S/C19H26N10O/c1-4-14-16-17(29(27-14)10-11-30-3)18(22-15-12-13(2)25-26-15)24-19(23-16)20-7-9-28-8-5-6-21-28/h5-6,8,12H,4,7,9-11H2,1-3H3,(H3,20,22,23,24,25,26). The maximum Gasteiger partial charge on any atom is 0.225 e. The van der Waals surface area contributed by atoms with Gasteiger partial charge in [0.2, 0.25) is 5.95 Å². The third kappa shape index (κ3) is 4.25. The van der Waals surface area contributed by atoms with Gasteiger partial charge in [-0.05, 0) is 19.4 Å². The zero-order valence-corrected chi connectivity index (χ0v) is 17.4. The van der Waals surface area contributed by atoms with Gasteiger partial charge in [0.25, 0.3) is 0 Å². The number of nitrogens with zero attached hydrogens (tertiary/aromatic N) is 7. The number of aryl methyl sites for hydroxylation is 2. The number of aromatic amines is 1. The second kappa shape index (κ2) is 8.91. The summed E-state index contributed by atoms with van der Waals surface area (Å²) in [5, 5.41) is 22.8. The maximum atomic E-state index is 5.25. The van der Waals surface area contributed by atoms with Crippen LogP contribution in [0.5, 0.6) is 0 Å². The molecule has 0 saturated heterocycles. The van der Waals surface area contributed by atoms with E-state index < -0.39 is 0 Å². The third-order valence-corrected chi connectivity index (χ3v) is 4.64. The van der Waals surface area contributed by atoms with E-state index in [9.17, 15) is 0 Å². The van der Waals surface area contributed by atoms with Gasteiger partial charge < -0.3 is 15.4 Å². The van der Waals surface area contributed by atoms with Crippen molar-refractivity contribution < 1.29 is 4.74 Å². The first kappa shape index (κ1) is 19.8. The van der Waals surface area contributed by atoms with E-state index in [1.165, 1.54) is 0 Å². The van der Waals surface area contributed by atoms with E-state index in [1.54, 1.807) is 13.3 Å². The van der Waals surface area contributed by atoms with Gasteiger partial charge in [0.1, 0.15) is 16.9 Å². The molecule has 11 nitrogen and oxygen atoms in total. The number of hydrogen-bond acceptors (Lipinski definition) is 8. The fraction of sp³-hybridized carbons (Fsp3) is 0.421. The maximum absolute atomic E-state index is 5.25. The number of anilines is 3. The smallest absolute Gasteiger partial charge is 0.225 e. The number of aromatic nitrogens is 8. The average Bonchev–Trinajstić information content (AvgIpc) is 3.47.